The number of benzene rings is 2. The number of carbonyl (C=O) groups is 1. The van der Waals surface area contributed by atoms with Crippen molar-refractivity contribution < 1.29 is 18.5 Å². The lowest BCUT2D eigenvalue weighted by Gasteiger charge is -2.06. The molecule has 1 N–H and O–H groups in total. The summed E-state index contributed by atoms with van der Waals surface area (Å²) in [5.74, 6) is -0.512. The number of nitro benzene ring substituents is 1. The van der Waals surface area contributed by atoms with Crippen LogP contribution in [0.15, 0.2) is 59.0 Å². The van der Waals surface area contributed by atoms with E-state index in [-0.39, 0.29) is 11.4 Å². The number of rotatable bonds is 4. The van der Waals surface area contributed by atoms with Gasteiger partial charge in [-0.2, -0.15) is 0 Å². The smallest absolute Gasteiger partial charge is 0.291 e. The lowest BCUT2D eigenvalue weighted by Crippen LogP contribution is -2.12. The van der Waals surface area contributed by atoms with Crippen LogP contribution in [0.1, 0.15) is 16.1 Å². The van der Waals surface area contributed by atoms with Gasteiger partial charge in [0.1, 0.15) is 11.6 Å². The minimum atomic E-state index is -0.512. The molecule has 0 saturated heterocycles. The molecule has 3 aromatic rings. The van der Waals surface area contributed by atoms with E-state index in [0.29, 0.717) is 17.0 Å². The van der Waals surface area contributed by atoms with Gasteiger partial charge in [-0.1, -0.05) is 6.07 Å². The SMILES string of the molecule is Cc1ccc(F)cc1NC(=O)c1ccc(-c2ccc([N+](=O)[O-])cc2)o1. The molecule has 0 radical (unpaired) electrons. The van der Waals surface area contributed by atoms with Crippen LogP contribution in [0, 0.1) is 22.9 Å². The van der Waals surface area contributed by atoms with E-state index in [4.69, 9.17) is 4.42 Å². The number of nitro groups is 1. The monoisotopic (exact) mass is 340 g/mol. The highest BCUT2D eigenvalue weighted by Crippen LogP contribution is 2.25. The molecule has 7 heteroatoms. The van der Waals surface area contributed by atoms with Crippen LogP contribution in [0.5, 0.6) is 0 Å². The van der Waals surface area contributed by atoms with Gasteiger partial charge in [0.25, 0.3) is 11.6 Å². The Bertz CT molecular complexity index is 948. The largest absolute Gasteiger partial charge is 0.451 e. The molecule has 0 saturated carbocycles. The van der Waals surface area contributed by atoms with Gasteiger partial charge in [0.05, 0.1) is 4.92 Å². The van der Waals surface area contributed by atoms with Crippen LogP contribution in [-0.4, -0.2) is 10.8 Å². The van der Waals surface area contributed by atoms with Crippen LogP contribution < -0.4 is 5.32 Å². The Morgan fingerprint density at radius 3 is 2.52 bits per heavy atom. The summed E-state index contributed by atoms with van der Waals surface area (Å²) in [7, 11) is 0. The van der Waals surface area contributed by atoms with Gasteiger partial charge in [0, 0.05) is 23.4 Å². The van der Waals surface area contributed by atoms with Crippen LogP contribution in [0.25, 0.3) is 11.3 Å². The van der Waals surface area contributed by atoms with Crippen LogP contribution in [0.2, 0.25) is 0 Å². The fourth-order valence-corrected chi connectivity index (χ4v) is 2.28. The highest BCUT2D eigenvalue weighted by atomic mass is 19.1. The third kappa shape index (κ3) is 3.55. The molecule has 1 heterocycles. The summed E-state index contributed by atoms with van der Waals surface area (Å²) in [5.41, 5.74) is 1.65. The van der Waals surface area contributed by atoms with Gasteiger partial charge in [0.15, 0.2) is 5.76 Å². The maximum absolute atomic E-state index is 13.3. The van der Waals surface area contributed by atoms with Gasteiger partial charge in [-0.25, -0.2) is 4.39 Å². The molecule has 3 rings (SSSR count). The summed E-state index contributed by atoms with van der Waals surface area (Å²) < 4.78 is 18.8. The van der Waals surface area contributed by atoms with E-state index in [2.05, 4.69) is 5.32 Å². The fraction of sp³-hybridized carbons (Fsp3) is 0.0556. The number of anilines is 1. The minimum Gasteiger partial charge on any atom is -0.451 e. The Kier molecular flexibility index (Phi) is 4.30. The lowest BCUT2D eigenvalue weighted by atomic mass is 10.1. The molecule has 0 bridgehead atoms. The van der Waals surface area contributed by atoms with Crippen molar-refractivity contribution in [2.45, 2.75) is 6.92 Å². The number of halogens is 1. The molecule has 126 valence electrons. The molecule has 6 nitrogen and oxygen atoms in total. The predicted octanol–water partition coefficient (Wildman–Crippen LogP) is 4.55. The molecule has 25 heavy (non-hydrogen) atoms. The second kappa shape index (κ2) is 6.56. The normalized spacial score (nSPS) is 10.5. The number of hydrogen-bond acceptors (Lipinski definition) is 4. The predicted molar refractivity (Wildman–Crippen MR) is 89.9 cm³/mol. The summed E-state index contributed by atoms with van der Waals surface area (Å²) in [6.07, 6.45) is 0. The van der Waals surface area contributed by atoms with E-state index in [0.717, 1.165) is 5.56 Å². The number of aryl methyl sites for hydroxylation is 1. The first-order valence-corrected chi connectivity index (χ1v) is 7.36. The molecule has 2 aromatic carbocycles. The van der Waals surface area contributed by atoms with Gasteiger partial charge < -0.3 is 9.73 Å². The number of amides is 1. The first-order valence-electron chi connectivity index (χ1n) is 7.36. The van der Waals surface area contributed by atoms with Crippen LogP contribution in [-0.2, 0) is 0 Å². The van der Waals surface area contributed by atoms with Crippen molar-refractivity contribution in [2.75, 3.05) is 5.32 Å². The van der Waals surface area contributed by atoms with E-state index in [1.54, 1.807) is 19.1 Å². The standard InChI is InChI=1S/C18H13FN2O4/c1-11-2-5-13(19)10-15(11)20-18(22)17-9-8-16(25-17)12-3-6-14(7-4-12)21(23)24/h2-10H,1H3,(H,20,22). The Morgan fingerprint density at radius 1 is 1.12 bits per heavy atom. The molecule has 0 atom stereocenters. The number of nitrogens with zero attached hydrogens (tertiary/aromatic N) is 1. The molecular weight excluding hydrogens is 327 g/mol. The van der Waals surface area contributed by atoms with Crippen LogP contribution >= 0.6 is 0 Å². The molecular formula is C18H13FN2O4. The number of hydrogen-bond donors (Lipinski definition) is 1. The zero-order valence-corrected chi connectivity index (χ0v) is 13.2. The highest BCUT2D eigenvalue weighted by molar-refractivity contribution is 6.03. The Morgan fingerprint density at radius 2 is 1.84 bits per heavy atom. The average molecular weight is 340 g/mol. The van der Waals surface area contributed by atoms with Gasteiger partial charge in [0.2, 0.25) is 0 Å². The van der Waals surface area contributed by atoms with E-state index in [9.17, 15) is 19.3 Å². The fourth-order valence-electron chi connectivity index (χ4n) is 2.28. The Labute approximate surface area is 142 Å². The number of non-ortho nitro benzene ring substituents is 1. The third-order valence-electron chi connectivity index (χ3n) is 3.64. The minimum absolute atomic E-state index is 0.0325. The van der Waals surface area contributed by atoms with E-state index in [1.165, 1.54) is 42.5 Å². The second-order valence-corrected chi connectivity index (χ2v) is 5.38. The summed E-state index contributed by atoms with van der Waals surface area (Å²) >= 11 is 0. The van der Waals surface area contributed by atoms with Crippen molar-refractivity contribution in [2.24, 2.45) is 0 Å². The van der Waals surface area contributed by atoms with Gasteiger partial charge in [-0.05, 0) is 48.9 Å². The topological polar surface area (TPSA) is 85.4 Å². The van der Waals surface area contributed by atoms with Crippen LogP contribution in [0.4, 0.5) is 15.8 Å². The molecule has 1 amide bonds. The first kappa shape index (κ1) is 16.4. The van der Waals surface area contributed by atoms with Gasteiger partial charge in [-0.3, -0.25) is 14.9 Å². The molecule has 1 aromatic heterocycles. The molecule has 0 aliphatic rings. The van der Waals surface area contributed by atoms with Crippen molar-refractivity contribution in [1.29, 1.82) is 0 Å². The van der Waals surface area contributed by atoms with Gasteiger partial charge >= 0.3 is 0 Å². The maximum Gasteiger partial charge on any atom is 0.291 e. The Balaban J connectivity index is 1.79. The summed E-state index contributed by atoms with van der Waals surface area (Å²) in [6, 6.07) is 13.0. The number of furan rings is 1. The molecule has 0 unspecified atom stereocenters. The number of nitrogens with one attached hydrogen (secondary N) is 1. The van der Waals surface area contributed by atoms with Crippen LogP contribution in [0.3, 0.4) is 0 Å². The molecule has 0 aliphatic heterocycles. The summed E-state index contributed by atoms with van der Waals surface area (Å²) in [4.78, 5) is 22.4. The van der Waals surface area contributed by atoms with Crippen molar-refractivity contribution in [3.63, 3.8) is 0 Å². The Hall–Kier alpha value is -3.48. The zero-order valence-electron chi connectivity index (χ0n) is 13.2. The van der Waals surface area contributed by atoms with E-state index < -0.39 is 16.6 Å². The van der Waals surface area contributed by atoms with Crippen molar-refractivity contribution in [3.8, 4) is 11.3 Å². The molecule has 0 aliphatic carbocycles. The van der Waals surface area contributed by atoms with E-state index in [1.807, 2.05) is 0 Å². The van der Waals surface area contributed by atoms with Crippen molar-refractivity contribution >= 4 is 17.3 Å². The lowest BCUT2D eigenvalue weighted by molar-refractivity contribution is -0.384. The second-order valence-electron chi connectivity index (χ2n) is 5.38. The van der Waals surface area contributed by atoms with Crippen molar-refractivity contribution in [1.82, 2.24) is 0 Å². The maximum atomic E-state index is 13.3. The average Bonchev–Trinajstić information content (AvgIpc) is 3.08. The van der Waals surface area contributed by atoms with Crippen molar-refractivity contribution in [3.05, 3.63) is 81.9 Å². The van der Waals surface area contributed by atoms with E-state index >= 15 is 0 Å². The quantitative estimate of drug-likeness (QED) is 0.557. The highest BCUT2D eigenvalue weighted by Gasteiger charge is 2.14. The molecule has 0 spiro atoms. The molecule has 0 fully saturated rings. The zero-order chi connectivity index (χ0) is 18.0. The summed E-state index contributed by atoms with van der Waals surface area (Å²) in [5, 5.41) is 13.3. The first-order chi connectivity index (χ1) is 11.9. The number of carbonyl (C=O) groups excluding carboxylic acids is 1. The third-order valence-corrected chi connectivity index (χ3v) is 3.64. The summed E-state index contributed by atoms with van der Waals surface area (Å²) in [6.45, 7) is 1.75. The van der Waals surface area contributed by atoms with Gasteiger partial charge in [-0.15, -0.1) is 0 Å².